The summed E-state index contributed by atoms with van der Waals surface area (Å²) < 4.78 is 70.3. The van der Waals surface area contributed by atoms with Gasteiger partial charge in [-0.1, -0.05) is 12.1 Å². The van der Waals surface area contributed by atoms with E-state index in [4.69, 9.17) is 4.74 Å². The Bertz CT molecular complexity index is 1870. The maximum absolute atomic E-state index is 13.0. The molecule has 1 aliphatic heterocycles. The SMILES string of the molecule is O=C(NCC1(CN2CCCC2)CC1)c1ccc(Nc2nc(NC3(c4ccc(C(=O)NS(=O)(=O)C5CC5)cc4)CC3)nc(OCC(F)(F)F)n2)cc1. The van der Waals surface area contributed by atoms with Crippen LogP contribution >= 0.6 is 0 Å². The number of anilines is 3. The quantitative estimate of drug-likeness (QED) is 0.174. The second kappa shape index (κ2) is 13.6. The van der Waals surface area contributed by atoms with Gasteiger partial charge in [-0.25, -0.2) is 13.1 Å². The van der Waals surface area contributed by atoms with Crippen LogP contribution in [0.3, 0.4) is 0 Å². The number of amides is 2. The number of hydrogen-bond donors (Lipinski definition) is 4. The van der Waals surface area contributed by atoms with Gasteiger partial charge in [0.25, 0.3) is 11.8 Å². The van der Waals surface area contributed by atoms with Gasteiger partial charge < -0.3 is 25.6 Å². The number of sulfonamides is 1. The lowest BCUT2D eigenvalue weighted by Gasteiger charge is -2.23. The molecule has 17 heteroatoms. The lowest BCUT2D eigenvalue weighted by molar-refractivity contribution is -0.154. The summed E-state index contributed by atoms with van der Waals surface area (Å²) in [6.07, 6.45) is 2.34. The normalized spacial score (nSPS) is 19.2. The first-order chi connectivity index (χ1) is 24.3. The predicted molar refractivity (Wildman–Crippen MR) is 181 cm³/mol. The minimum atomic E-state index is -4.62. The third kappa shape index (κ3) is 8.87. The molecule has 3 saturated carbocycles. The van der Waals surface area contributed by atoms with E-state index in [0.29, 0.717) is 43.5 Å². The van der Waals surface area contributed by atoms with Crippen molar-refractivity contribution in [2.45, 2.75) is 68.3 Å². The molecule has 1 aromatic heterocycles. The van der Waals surface area contributed by atoms with Crippen molar-refractivity contribution in [2.75, 3.05) is 43.4 Å². The molecule has 4 fully saturated rings. The molecule has 3 aromatic rings. The molecule has 2 heterocycles. The maximum Gasteiger partial charge on any atom is 0.422 e. The van der Waals surface area contributed by atoms with Gasteiger partial charge in [-0.2, -0.15) is 28.1 Å². The monoisotopic (exact) mass is 728 g/mol. The molecule has 4 aliphatic rings. The molecule has 2 aromatic carbocycles. The first-order valence-corrected chi connectivity index (χ1v) is 18.6. The molecule has 4 N–H and O–H groups in total. The highest BCUT2D eigenvalue weighted by molar-refractivity contribution is 7.91. The average Bonchev–Trinajstić information content (AvgIpc) is 4.01. The Morgan fingerprint density at radius 3 is 2.10 bits per heavy atom. The smallest absolute Gasteiger partial charge is 0.422 e. The number of benzene rings is 2. The molecule has 0 radical (unpaired) electrons. The molecule has 0 spiro atoms. The van der Waals surface area contributed by atoms with E-state index in [1.54, 1.807) is 36.4 Å². The lowest BCUT2D eigenvalue weighted by atomic mass is 10.0. The largest absolute Gasteiger partial charge is 0.454 e. The summed E-state index contributed by atoms with van der Waals surface area (Å²) in [6.45, 7) is 2.26. The first-order valence-electron chi connectivity index (χ1n) is 17.1. The van der Waals surface area contributed by atoms with Crippen molar-refractivity contribution in [1.82, 2.24) is 29.9 Å². The number of carbonyl (C=O) groups is 2. The molecule has 7 rings (SSSR count). The van der Waals surface area contributed by atoms with Crippen LogP contribution in [0.1, 0.15) is 77.6 Å². The topological polar surface area (TPSA) is 168 Å². The number of aromatic nitrogens is 3. The number of rotatable bonds is 15. The zero-order valence-electron chi connectivity index (χ0n) is 27.8. The van der Waals surface area contributed by atoms with Crippen LogP contribution in [0.2, 0.25) is 0 Å². The molecular weight excluding hydrogens is 689 g/mol. The van der Waals surface area contributed by atoms with Crippen molar-refractivity contribution in [3.8, 4) is 6.01 Å². The van der Waals surface area contributed by atoms with Gasteiger partial charge in [-0.3, -0.25) is 9.59 Å². The van der Waals surface area contributed by atoms with Gasteiger partial charge in [0.2, 0.25) is 21.9 Å². The molecule has 13 nitrogen and oxygen atoms in total. The Kier molecular flexibility index (Phi) is 9.28. The summed E-state index contributed by atoms with van der Waals surface area (Å²) in [6, 6.07) is 12.4. The van der Waals surface area contributed by atoms with Crippen LogP contribution in [0.4, 0.5) is 30.8 Å². The van der Waals surface area contributed by atoms with E-state index in [-0.39, 0.29) is 28.8 Å². The number of nitrogens with zero attached hydrogens (tertiary/aromatic N) is 4. The van der Waals surface area contributed by atoms with Gasteiger partial charge in [0, 0.05) is 35.3 Å². The van der Waals surface area contributed by atoms with Crippen LogP contribution < -0.4 is 25.4 Å². The Morgan fingerprint density at radius 1 is 0.863 bits per heavy atom. The summed E-state index contributed by atoms with van der Waals surface area (Å²) in [4.78, 5) is 40.4. The lowest BCUT2D eigenvalue weighted by Crippen LogP contribution is -2.37. The molecule has 272 valence electrons. The van der Waals surface area contributed by atoms with Crippen LogP contribution in [-0.4, -0.2) is 84.3 Å². The molecule has 0 atom stereocenters. The number of halogens is 3. The first kappa shape index (κ1) is 34.9. The van der Waals surface area contributed by atoms with E-state index in [0.717, 1.165) is 38.0 Å². The van der Waals surface area contributed by atoms with E-state index in [2.05, 4.69) is 40.5 Å². The van der Waals surface area contributed by atoms with Gasteiger partial charge in [-0.15, -0.1) is 0 Å². The van der Waals surface area contributed by atoms with Gasteiger partial charge in [-0.05, 0) is 106 Å². The van der Waals surface area contributed by atoms with E-state index in [1.807, 2.05) is 0 Å². The fourth-order valence-corrected chi connectivity index (χ4v) is 7.58. The summed E-state index contributed by atoms with van der Waals surface area (Å²) in [5.74, 6) is -1.04. The van der Waals surface area contributed by atoms with Crippen LogP contribution in [0.25, 0.3) is 0 Å². The fourth-order valence-electron chi connectivity index (χ4n) is 6.28. The zero-order valence-corrected chi connectivity index (χ0v) is 28.6. The Labute approximate surface area is 293 Å². The molecule has 1 saturated heterocycles. The maximum atomic E-state index is 13.0. The third-order valence-corrected chi connectivity index (χ3v) is 11.5. The van der Waals surface area contributed by atoms with Crippen LogP contribution in [0.5, 0.6) is 6.01 Å². The van der Waals surface area contributed by atoms with Crippen molar-refractivity contribution in [3.05, 3.63) is 65.2 Å². The number of alkyl halides is 3. The Hall–Kier alpha value is -4.51. The zero-order chi connectivity index (χ0) is 35.9. The summed E-state index contributed by atoms with van der Waals surface area (Å²) in [5.41, 5.74) is 1.33. The number of ether oxygens (including phenoxy) is 1. The fraction of sp³-hybridized carbons (Fsp3) is 0.500. The number of nitrogens with one attached hydrogen (secondary N) is 4. The van der Waals surface area contributed by atoms with Crippen molar-refractivity contribution in [1.29, 1.82) is 0 Å². The molecule has 51 heavy (non-hydrogen) atoms. The van der Waals surface area contributed by atoms with Crippen molar-refractivity contribution < 1.29 is 35.9 Å². The third-order valence-electron chi connectivity index (χ3n) is 9.72. The second-order valence-electron chi connectivity index (χ2n) is 14.0. The van der Waals surface area contributed by atoms with E-state index in [9.17, 15) is 31.2 Å². The summed E-state index contributed by atoms with van der Waals surface area (Å²) in [7, 11) is -3.70. The highest BCUT2D eigenvalue weighted by Gasteiger charge is 2.46. The Morgan fingerprint density at radius 2 is 1.49 bits per heavy atom. The molecular formula is C34H39F3N8O5S. The standard InChI is InChI=1S/C34H39F3N8O5S/c35-34(36,37)21-50-31-41-29(39-25-9-5-22(6-10-25)27(46)38-19-32(13-14-32)20-45-17-1-2-18-45)40-30(42-31)43-33(15-16-33)24-7-3-23(4-8-24)28(47)44-51(48,49)26-11-12-26/h3-10,26H,1-2,11-21H2,(H,38,46)(H,44,47)(H2,39,40,41,42,43). The van der Waals surface area contributed by atoms with Gasteiger partial charge in [0.1, 0.15) is 0 Å². The van der Waals surface area contributed by atoms with E-state index < -0.39 is 45.5 Å². The van der Waals surface area contributed by atoms with Crippen LogP contribution in [0.15, 0.2) is 48.5 Å². The van der Waals surface area contributed by atoms with Gasteiger partial charge >= 0.3 is 12.2 Å². The highest BCUT2D eigenvalue weighted by Crippen LogP contribution is 2.48. The number of likely N-dealkylation sites (tertiary alicyclic amines) is 1. The Balaban J connectivity index is 1.01. The summed E-state index contributed by atoms with van der Waals surface area (Å²) in [5, 5.41) is 8.67. The highest BCUT2D eigenvalue weighted by atomic mass is 32.2. The van der Waals surface area contributed by atoms with Crippen LogP contribution in [0, 0.1) is 5.41 Å². The van der Waals surface area contributed by atoms with Gasteiger partial charge in [0.15, 0.2) is 6.61 Å². The van der Waals surface area contributed by atoms with Crippen molar-refractivity contribution in [2.24, 2.45) is 5.41 Å². The van der Waals surface area contributed by atoms with Crippen molar-refractivity contribution in [3.63, 3.8) is 0 Å². The molecule has 0 unspecified atom stereocenters. The minimum Gasteiger partial charge on any atom is -0.454 e. The van der Waals surface area contributed by atoms with Crippen LogP contribution in [-0.2, 0) is 15.6 Å². The van der Waals surface area contributed by atoms with Crippen molar-refractivity contribution >= 4 is 39.4 Å². The molecule has 0 bridgehead atoms. The molecule has 2 amide bonds. The number of hydrogen-bond acceptors (Lipinski definition) is 11. The molecule has 3 aliphatic carbocycles. The predicted octanol–water partition coefficient (Wildman–Crippen LogP) is 4.49. The average molecular weight is 729 g/mol. The summed E-state index contributed by atoms with van der Waals surface area (Å²) >= 11 is 0. The number of carbonyl (C=O) groups excluding carboxylic acids is 2. The van der Waals surface area contributed by atoms with Gasteiger partial charge in [0.05, 0.1) is 10.8 Å². The second-order valence-corrected chi connectivity index (χ2v) is 16.0. The van der Waals surface area contributed by atoms with E-state index >= 15 is 0 Å². The minimum absolute atomic E-state index is 0.0431. The van der Waals surface area contributed by atoms with E-state index in [1.165, 1.54) is 25.0 Å².